The number of nitrogens with one attached hydrogen (secondary N) is 1. The van der Waals surface area contributed by atoms with Crippen molar-refractivity contribution >= 4 is 39.2 Å². The molecule has 0 bridgehead atoms. The molecule has 1 amide bonds. The van der Waals surface area contributed by atoms with Crippen LogP contribution in [0.15, 0.2) is 77.7 Å². The summed E-state index contributed by atoms with van der Waals surface area (Å²) in [5.74, 6) is -0.126. The second-order valence-electron chi connectivity index (χ2n) is 6.52. The SMILES string of the molecule is COc1ccccc1C(=Cc1ccc([N+](=O)[O-])cc1)C(=O)Nc1ccc(S(=O)(=O)F)cc1. The number of hydrogen-bond donors (Lipinski definition) is 1. The van der Waals surface area contributed by atoms with Crippen LogP contribution in [0.25, 0.3) is 11.6 Å². The van der Waals surface area contributed by atoms with Crippen LogP contribution in [-0.2, 0) is 15.0 Å². The number of benzene rings is 3. The van der Waals surface area contributed by atoms with E-state index in [9.17, 15) is 27.2 Å². The highest BCUT2D eigenvalue weighted by Gasteiger charge is 2.18. The van der Waals surface area contributed by atoms with Crippen molar-refractivity contribution < 1.29 is 26.8 Å². The summed E-state index contributed by atoms with van der Waals surface area (Å²) >= 11 is 0. The molecule has 3 aromatic carbocycles. The van der Waals surface area contributed by atoms with Crippen molar-refractivity contribution in [3.05, 3.63) is 94.0 Å². The molecule has 0 fully saturated rings. The van der Waals surface area contributed by atoms with Crippen LogP contribution >= 0.6 is 0 Å². The number of nitro groups is 1. The van der Waals surface area contributed by atoms with Crippen LogP contribution in [0.4, 0.5) is 15.3 Å². The molecule has 0 spiro atoms. The van der Waals surface area contributed by atoms with Gasteiger partial charge < -0.3 is 10.1 Å². The molecule has 1 N–H and O–H groups in total. The molecular weight excluding hydrogens is 439 g/mol. The molecule has 3 aromatic rings. The molecule has 164 valence electrons. The first-order chi connectivity index (χ1) is 15.2. The summed E-state index contributed by atoms with van der Waals surface area (Å²) < 4.78 is 40.4. The number of anilines is 1. The van der Waals surface area contributed by atoms with Crippen LogP contribution in [0.5, 0.6) is 5.75 Å². The number of carbonyl (C=O) groups excluding carboxylic acids is 1. The van der Waals surface area contributed by atoms with Gasteiger partial charge in [-0.1, -0.05) is 18.2 Å². The zero-order valence-corrected chi connectivity index (χ0v) is 17.5. The Labute approximate surface area is 183 Å². The van der Waals surface area contributed by atoms with Crippen LogP contribution in [0.2, 0.25) is 0 Å². The fourth-order valence-corrected chi connectivity index (χ4v) is 3.35. The smallest absolute Gasteiger partial charge is 0.332 e. The summed E-state index contributed by atoms with van der Waals surface area (Å²) in [7, 11) is -3.40. The predicted octanol–water partition coefficient (Wildman–Crippen LogP) is 4.44. The molecule has 0 aromatic heterocycles. The lowest BCUT2D eigenvalue weighted by molar-refractivity contribution is -0.384. The molecule has 3 rings (SSSR count). The Kier molecular flexibility index (Phi) is 6.64. The van der Waals surface area contributed by atoms with Gasteiger partial charge in [-0.2, -0.15) is 8.42 Å². The van der Waals surface area contributed by atoms with Crippen molar-refractivity contribution in [1.29, 1.82) is 0 Å². The highest BCUT2D eigenvalue weighted by molar-refractivity contribution is 7.86. The number of hydrogen-bond acceptors (Lipinski definition) is 6. The Morgan fingerprint density at radius 1 is 1.03 bits per heavy atom. The number of nitrogens with zero attached hydrogens (tertiary/aromatic N) is 1. The summed E-state index contributed by atoms with van der Waals surface area (Å²) in [6.07, 6.45) is 1.54. The van der Waals surface area contributed by atoms with Gasteiger partial charge in [0.2, 0.25) is 0 Å². The van der Waals surface area contributed by atoms with Gasteiger partial charge in [0.05, 0.1) is 22.5 Å². The monoisotopic (exact) mass is 456 g/mol. The lowest BCUT2D eigenvalue weighted by Crippen LogP contribution is -2.14. The van der Waals surface area contributed by atoms with E-state index in [1.54, 1.807) is 24.3 Å². The maximum Gasteiger partial charge on any atom is 0.332 e. The van der Waals surface area contributed by atoms with Gasteiger partial charge >= 0.3 is 10.2 Å². The molecule has 0 atom stereocenters. The van der Waals surface area contributed by atoms with Crippen LogP contribution in [0, 0.1) is 10.1 Å². The van der Waals surface area contributed by atoms with Crippen LogP contribution < -0.4 is 10.1 Å². The summed E-state index contributed by atoms with van der Waals surface area (Å²) in [4.78, 5) is 22.9. The maximum absolute atomic E-state index is 13.1. The third kappa shape index (κ3) is 5.35. The van der Waals surface area contributed by atoms with Crippen molar-refractivity contribution in [3.63, 3.8) is 0 Å². The molecule has 0 heterocycles. The Morgan fingerprint density at radius 3 is 2.22 bits per heavy atom. The van der Waals surface area contributed by atoms with Crippen LogP contribution in [0.1, 0.15) is 11.1 Å². The Morgan fingerprint density at radius 2 is 1.66 bits per heavy atom. The first kappa shape index (κ1) is 22.6. The molecule has 0 radical (unpaired) electrons. The lowest BCUT2D eigenvalue weighted by atomic mass is 10.0. The number of halogens is 1. The summed E-state index contributed by atoms with van der Waals surface area (Å²) in [5, 5.41) is 13.5. The van der Waals surface area contributed by atoms with Gasteiger partial charge in [-0.3, -0.25) is 14.9 Å². The number of methoxy groups -OCH3 is 1. The van der Waals surface area contributed by atoms with E-state index >= 15 is 0 Å². The standard InChI is InChI=1S/C22H17FN2O6S/c1-31-21-5-3-2-4-19(21)20(14-15-6-10-17(11-7-15)25(27)28)22(26)24-16-8-12-18(13-9-16)32(23,29)30/h2-14H,1H3,(H,24,26). The number of rotatable bonds is 7. The molecule has 0 aliphatic carbocycles. The largest absolute Gasteiger partial charge is 0.496 e. The topological polar surface area (TPSA) is 116 Å². The second-order valence-corrected chi connectivity index (χ2v) is 7.87. The summed E-state index contributed by atoms with van der Waals surface area (Å²) in [6, 6.07) is 17.0. The number of para-hydroxylation sites is 1. The molecule has 32 heavy (non-hydrogen) atoms. The third-order valence-electron chi connectivity index (χ3n) is 4.45. The number of carbonyl (C=O) groups is 1. The normalized spacial score (nSPS) is 11.6. The minimum Gasteiger partial charge on any atom is -0.496 e. The minimum atomic E-state index is -4.86. The Balaban J connectivity index is 2.00. The minimum absolute atomic E-state index is 0.0895. The van der Waals surface area contributed by atoms with Crippen molar-refractivity contribution in [3.8, 4) is 5.75 Å². The molecule has 0 unspecified atom stereocenters. The average molecular weight is 456 g/mol. The van der Waals surface area contributed by atoms with E-state index in [2.05, 4.69) is 5.32 Å². The van der Waals surface area contributed by atoms with E-state index in [0.717, 1.165) is 12.1 Å². The summed E-state index contributed by atoms with van der Waals surface area (Å²) in [6.45, 7) is 0. The van der Waals surface area contributed by atoms with Gasteiger partial charge in [0, 0.05) is 23.4 Å². The first-order valence-corrected chi connectivity index (χ1v) is 10.5. The highest BCUT2D eigenvalue weighted by atomic mass is 32.3. The van der Waals surface area contributed by atoms with E-state index in [-0.39, 0.29) is 16.9 Å². The molecular formula is C22H17FN2O6S. The zero-order valence-electron chi connectivity index (χ0n) is 16.7. The fraction of sp³-hybridized carbons (Fsp3) is 0.0455. The van der Waals surface area contributed by atoms with Gasteiger partial charge in [0.15, 0.2) is 0 Å². The summed E-state index contributed by atoms with van der Waals surface area (Å²) in [5.41, 5.74) is 1.35. The fourth-order valence-electron chi connectivity index (χ4n) is 2.89. The number of non-ortho nitro benzene ring substituents is 1. The maximum atomic E-state index is 13.1. The van der Waals surface area contributed by atoms with Gasteiger partial charge in [-0.05, 0) is 54.1 Å². The molecule has 0 saturated heterocycles. The predicted molar refractivity (Wildman–Crippen MR) is 117 cm³/mol. The second kappa shape index (κ2) is 9.40. The number of amides is 1. The van der Waals surface area contributed by atoms with Crippen molar-refractivity contribution in [2.45, 2.75) is 4.90 Å². The zero-order chi connectivity index (χ0) is 23.3. The van der Waals surface area contributed by atoms with E-state index in [4.69, 9.17) is 4.74 Å². The van der Waals surface area contributed by atoms with Crippen molar-refractivity contribution in [2.24, 2.45) is 0 Å². The van der Waals surface area contributed by atoms with Gasteiger partial charge in [0.25, 0.3) is 11.6 Å². The molecule has 8 nitrogen and oxygen atoms in total. The molecule has 0 aliphatic rings. The Bertz CT molecular complexity index is 1290. The first-order valence-electron chi connectivity index (χ1n) is 9.14. The highest BCUT2D eigenvalue weighted by Crippen LogP contribution is 2.29. The van der Waals surface area contributed by atoms with Crippen LogP contribution in [0.3, 0.4) is 0 Å². The van der Waals surface area contributed by atoms with E-state index < -0.39 is 25.9 Å². The van der Waals surface area contributed by atoms with Crippen molar-refractivity contribution in [2.75, 3.05) is 12.4 Å². The van der Waals surface area contributed by atoms with Gasteiger partial charge in [0.1, 0.15) is 5.75 Å². The van der Waals surface area contributed by atoms with E-state index in [0.29, 0.717) is 16.9 Å². The number of nitro benzene ring substituents is 1. The van der Waals surface area contributed by atoms with Gasteiger partial charge in [-0.15, -0.1) is 3.89 Å². The van der Waals surface area contributed by atoms with E-state index in [1.165, 1.54) is 49.6 Å². The Hall–Kier alpha value is -4.05. The third-order valence-corrected chi connectivity index (χ3v) is 5.29. The molecule has 10 heteroatoms. The molecule has 0 saturated carbocycles. The van der Waals surface area contributed by atoms with E-state index in [1.807, 2.05) is 0 Å². The number of ether oxygens (including phenoxy) is 1. The van der Waals surface area contributed by atoms with Crippen molar-refractivity contribution in [1.82, 2.24) is 0 Å². The average Bonchev–Trinajstić information content (AvgIpc) is 2.77. The lowest BCUT2D eigenvalue weighted by Gasteiger charge is -2.13. The quantitative estimate of drug-likeness (QED) is 0.185. The van der Waals surface area contributed by atoms with Gasteiger partial charge in [-0.25, -0.2) is 0 Å². The molecule has 0 aliphatic heterocycles. The van der Waals surface area contributed by atoms with Crippen LogP contribution in [-0.4, -0.2) is 26.4 Å².